The zero-order chi connectivity index (χ0) is 15.3. The van der Waals surface area contributed by atoms with Crippen molar-refractivity contribution in [1.29, 1.82) is 0 Å². The van der Waals surface area contributed by atoms with Crippen LogP contribution in [-0.2, 0) is 4.74 Å². The molecule has 6 heteroatoms. The van der Waals surface area contributed by atoms with Crippen molar-refractivity contribution in [3.05, 3.63) is 29.3 Å². The van der Waals surface area contributed by atoms with Gasteiger partial charge in [0, 0.05) is 18.4 Å². The van der Waals surface area contributed by atoms with E-state index in [1.807, 2.05) is 20.8 Å². The van der Waals surface area contributed by atoms with Gasteiger partial charge in [0.25, 0.3) is 5.91 Å². The minimum Gasteiger partial charge on any atom is -0.398 e. The van der Waals surface area contributed by atoms with E-state index in [1.165, 1.54) is 0 Å². The summed E-state index contributed by atoms with van der Waals surface area (Å²) in [7, 11) is 0. The molecule has 1 atom stereocenters. The van der Waals surface area contributed by atoms with Crippen LogP contribution < -0.4 is 11.1 Å². The van der Waals surface area contributed by atoms with Crippen LogP contribution in [0.2, 0.25) is 0 Å². The van der Waals surface area contributed by atoms with Crippen molar-refractivity contribution in [1.82, 2.24) is 5.32 Å². The summed E-state index contributed by atoms with van der Waals surface area (Å²) in [5.74, 6) is -2.58. The Morgan fingerprint density at radius 3 is 2.50 bits per heavy atom. The molecule has 0 aliphatic heterocycles. The number of carbonyl (C=O) groups is 1. The third kappa shape index (κ3) is 4.16. The number of rotatable bonds is 6. The highest BCUT2D eigenvalue weighted by molar-refractivity contribution is 5.99. The lowest BCUT2D eigenvalue weighted by atomic mass is 10.0. The zero-order valence-corrected chi connectivity index (χ0v) is 11.9. The molecule has 0 bridgehead atoms. The van der Waals surface area contributed by atoms with Crippen molar-refractivity contribution in [3.8, 4) is 0 Å². The molecule has 1 aromatic rings. The van der Waals surface area contributed by atoms with Gasteiger partial charge in [-0.1, -0.05) is 13.8 Å². The van der Waals surface area contributed by atoms with Crippen LogP contribution in [0.5, 0.6) is 0 Å². The lowest BCUT2D eigenvalue weighted by Gasteiger charge is -2.22. The summed E-state index contributed by atoms with van der Waals surface area (Å²) in [4.78, 5) is 12.1. The molecule has 0 saturated heterocycles. The molecule has 1 rings (SSSR count). The summed E-state index contributed by atoms with van der Waals surface area (Å²) in [6, 6.07) is 1.38. The number of halogens is 2. The third-order valence-corrected chi connectivity index (χ3v) is 2.96. The van der Waals surface area contributed by atoms with Gasteiger partial charge < -0.3 is 15.8 Å². The molecule has 1 aromatic carbocycles. The molecule has 4 nitrogen and oxygen atoms in total. The molecule has 0 saturated carbocycles. The SMILES string of the molecule is CCOCC(NC(=O)c1cc(F)c(F)cc1N)C(C)C. The molecule has 0 aliphatic carbocycles. The number of nitrogen functional groups attached to an aromatic ring is 1. The highest BCUT2D eigenvalue weighted by Gasteiger charge is 2.20. The van der Waals surface area contributed by atoms with Gasteiger partial charge in [-0.3, -0.25) is 4.79 Å². The van der Waals surface area contributed by atoms with Crippen LogP contribution in [0.4, 0.5) is 14.5 Å². The topological polar surface area (TPSA) is 64.3 Å². The van der Waals surface area contributed by atoms with Gasteiger partial charge in [-0.2, -0.15) is 0 Å². The lowest BCUT2D eigenvalue weighted by molar-refractivity contribution is 0.0806. The number of benzene rings is 1. The molecule has 112 valence electrons. The maximum atomic E-state index is 13.2. The number of hydrogen-bond donors (Lipinski definition) is 2. The highest BCUT2D eigenvalue weighted by atomic mass is 19.2. The predicted molar refractivity (Wildman–Crippen MR) is 73.4 cm³/mol. The van der Waals surface area contributed by atoms with E-state index < -0.39 is 17.5 Å². The van der Waals surface area contributed by atoms with E-state index in [0.717, 1.165) is 12.1 Å². The Morgan fingerprint density at radius 1 is 1.35 bits per heavy atom. The predicted octanol–water partition coefficient (Wildman–Crippen LogP) is 2.34. The number of nitrogens with two attached hydrogens (primary N) is 1. The quantitative estimate of drug-likeness (QED) is 0.789. The van der Waals surface area contributed by atoms with Gasteiger partial charge in [0.2, 0.25) is 0 Å². The molecule has 0 spiro atoms. The Bertz CT molecular complexity index is 478. The summed E-state index contributed by atoms with van der Waals surface area (Å²) in [5.41, 5.74) is 5.37. The van der Waals surface area contributed by atoms with Crippen molar-refractivity contribution >= 4 is 11.6 Å². The molecule has 0 radical (unpaired) electrons. The van der Waals surface area contributed by atoms with Crippen molar-refractivity contribution in [3.63, 3.8) is 0 Å². The molecule has 0 heterocycles. The first-order valence-electron chi connectivity index (χ1n) is 6.49. The fourth-order valence-corrected chi connectivity index (χ4v) is 1.65. The number of carbonyl (C=O) groups excluding carboxylic acids is 1. The van der Waals surface area contributed by atoms with E-state index in [1.54, 1.807) is 0 Å². The second kappa shape index (κ2) is 7.19. The molecular weight excluding hydrogens is 266 g/mol. The molecule has 20 heavy (non-hydrogen) atoms. The van der Waals surface area contributed by atoms with Crippen molar-refractivity contribution in [2.24, 2.45) is 5.92 Å². The summed E-state index contributed by atoms with van der Waals surface area (Å²) < 4.78 is 31.4. The van der Waals surface area contributed by atoms with Gasteiger partial charge in [0.1, 0.15) is 0 Å². The molecule has 3 N–H and O–H groups in total. The zero-order valence-electron chi connectivity index (χ0n) is 11.9. The Hall–Kier alpha value is -1.69. The molecular formula is C14H20F2N2O2. The molecule has 0 aliphatic rings. The van der Waals surface area contributed by atoms with Crippen molar-refractivity contribution in [2.45, 2.75) is 26.8 Å². The average Bonchev–Trinajstić information content (AvgIpc) is 2.38. The second-order valence-corrected chi connectivity index (χ2v) is 4.84. The summed E-state index contributed by atoms with van der Waals surface area (Å²) in [6.45, 7) is 6.60. The van der Waals surface area contributed by atoms with Crippen LogP contribution in [0.25, 0.3) is 0 Å². The van der Waals surface area contributed by atoms with Crippen LogP contribution in [0.15, 0.2) is 12.1 Å². The second-order valence-electron chi connectivity index (χ2n) is 4.84. The normalized spacial score (nSPS) is 12.5. The van der Waals surface area contributed by atoms with Gasteiger partial charge in [0.15, 0.2) is 11.6 Å². The number of hydrogen-bond acceptors (Lipinski definition) is 3. The maximum absolute atomic E-state index is 13.2. The van der Waals surface area contributed by atoms with Crippen LogP contribution in [0.1, 0.15) is 31.1 Å². The highest BCUT2D eigenvalue weighted by Crippen LogP contribution is 2.17. The van der Waals surface area contributed by atoms with E-state index in [-0.39, 0.29) is 23.2 Å². The van der Waals surface area contributed by atoms with E-state index in [0.29, 0.717) is 13.2 Å². The van der Waals surface area contributed by atoms with E-state index >= 15 is 0 Å². The van der Waals surface area contributed by atoms with Crippen molar-refractivity contribution in [2.75, 3.05) is 18.9 Å². The summed E-state index contributed by atoms with van der Waals surface area (Å²) >= 11 is 0. The number of amides is 1. The average molecular weight is 286 g/mol. The molecule has 1 unspecified atom stereocenters. The van der Waals surface area contributed by atoms with Crippen LogP contribution in [0, 0.1) is 17.6 Å². The van der Waals surface area contributed by atoms with Crippen LogP contribution >= 0.6 is 0 Å². The maximum Gasteiger partial charge on any atom is 0.253 e. The third-order valence-electron chi connectivity index (χ3n) is 2.96. The Labute approximate surface area is 117 Å². The Morgan fingerprint density at radius 2 is 1.95 bits per heavy atom. The summed E-state index contributed by atoms with van der Waals surface area (Å²) in [6.07, 6.45) is 0. The van der Waals surface area contributed by atoms with E-state index in [4.69, 9.17) is 10.5 Å². The van der Waals surface area contributed by atoms with Gasteiger partial charge in [0.05, 0.1) is 18.2 Å². The van der Waals surface area contributed by atoms with Crippen LogP contribution in [0.3, 0.4) is 0 Å². The van der Waals surface area contributed by atoms with Crippen molar-refractivity contribution < 1.29 is 18.3 Å². The first-order valence-corrected chi connectivity index (χ1v) is 6.49. The fraction of sp³-hybridized carbons (Fsp3) is 0.500. The minimum atomic E-state index is -1.10. The minimum absolute atomic E-state index is 0.0777. The van der Waals surface area contributed by atoms with Gasteiger partial charge in [-0.25, -0.2) is 8.78 Å². The van der Waals surface area contributed by atoms with Gasteiger partial charge in [-0.05, 0) is 18.9 Å². The monoisotopic (exact) mass is 286 g/mol. The fourth-order valence-electron chi connectivity index (χ4n) is 1.65. The molecule has 1 amide bonds. The number of anilines is 1. The van der Waals surface area contributed by atoms with E-state index in [9.17, 15) is 13.6 Å². The number of ether oxygens (including phenoxy) is 1. The molecule has 0 aromatic heterocycles. The lowest BCUT2D eigenvalue weighted by Crippen LogP contribution is -2.42. The van der Waals surface area contributed by atoms with Crippen LogP contribution in [-0.4, -0.2) is 25.2 Å². The Kier molecular flexibility index (Phi) is 5.88. The largest absolute Gasteiger partial charge is 0.398 e. The standard InChI is InChI=1S/C14H20F2N2O2/c1-4-20-7-13(8(2)3)18-14(19)9-5-10(15)11(16)6-12(9)17/h5-6,8,13H,4,7,17H2,1-3H3,(H,18,19). The number of nitrogens with one attached hydrogen (secondary N) is 1. The molecule has 0 fully saturated rings. The smallest absolute Gasteiger partial charge is 0.253 e. The van der Waals surface area contributed by atoms with E-state index in [2.05, 4.69) is 5.32 Å². The summed E-state index contributed by atoms with van der Waals surface area (Å²) in [5, 5.41) is 2.72. The first kappa shape index (κ1) is 16.4. The van der Waals surface area contributed by atoms with Gasteiger partial charge in [-0.15, -0.1) is 0 Å². The first-order chi connectivity index (χ1) is 9.36. The Balaban J connectivity index is 2.86. The van der Waals surface area contributed by atoms with Gasteiger partial charge >= 0.3 is 0 Å².